The van der Waals surface area contributed by atoms with Crippen LogP contribution < -0.4 is 5.32 Å². The number of carbonyl (C=O) groups excluding carboxylic acids is 1. The zero-order valence-electron chi connectivity index (χ0n) is 14.2. The SMILES string of the molecule is Cc1cc(C(=O)Nc2cnc3c(c2)c(C)nn3C)c2ccccc2n1. The van der Waals surface area contributed by atoms with Crippen LogP contribution in [0.5, 0.6) is 0 Å². The molecule has 0 fully saturated rings. The minimum absolute atomic E-state index is 0.176. The lowest BCUT2D eigenvalue weighted by molar-refractivity contribution is 0.102. The topological polar surface area (TPSA) is 72.7 Å². The Balaban J connectivity index is 1.74. The highest BCUT2D eigenvalue weighted by atomic mass is 16.1. The zero-order valence-corrected chi connectivity index (χ0v) is 14.2. The molecule has 0 radical (unpaired) electrons. The maximum absolute atomic E-state index is 12.8. The Morgan fingerprint density at radius 2 is 1.92 bits per heavy atom. The number of carbonyl (C=O) groups is 1. The number of pyridine rings is 2. The number of anilines is 1. The monoisotopic (exact) mass is 331 g/mol. The number of benzene rings is 1. The van der Waals surface area contributed by atoms with E-state index in [0.29, 0.717) is 11.3 Å². The van der Waals surface area contributed by atoms with Crippen molar-refractivity contribution >= 4 is 33.5 Å². The third kappa shape index (κ3) is 2.61. The number of nitrogens with zero attached hydrogens (tertiary/aromatic N) is 4. The van der Waals surface area contributed by atoms with Crippen LogP contribution in [0.1, 0.15) is 21.7 Å². The fraction of sp³-hybridized carbons (Fsp3) is 0.158. The molecule has 0 bridgehead atoms. The van der Waals surface area contributed by atoms with Crippen LogP contribution in [0, 0.1) is 13.8 Å². The molecule has 25 heavy (non-hydrogen) atoms. The number of hydrogen-bond donors (Lipinski definition) is 1. The van der Waals surface area contributed by atoms with E-state index in [9.17, 15) is 4.79 Å². The number of aromatic nitrogens is 4. The van der Waals surface area contributed by atoms with Crippen LogP contribution in [0.2, 0.25) is 0 Å². The average Bonchev–Trinajstić information content (AvgIpc) is 2.88. The second kappa shape index (κ2) is 5.66. The van der Waals surface area contributed by atoms with Gasteiger partial charge in [0.2, 0.25) is 0 Å². The van der Waals surface area contributed by atoms with Gasteiger partial charge in [0, 0.05) is 23.5 Å². The zero-order chi connectivity index (χ0) is 17.6. The van der Waals surface area contributed by atoms with E-state index in [-0.39, 0.29) is 5.91 Å². The van der Waals surface area contributed by atoms with Crippen molar-refractivity contribution in [1.29, 1.82) is 0 Å². The Kier molecular flexibility index (Phi) is 3.46. The summed E-state index contributed by atoms with van der Waals surface area (Å²) in [6, 6.07) is 11.3. The minimum atomic E-state index is -0.176. The molecule has 3 heterocycles. The maximum atomic E-state index is 12.8. The van der Waals surface area contributed by atoms with Crippen molar-refractivity contribution in [3.63, 3.8) is 0 Å². The van der Waals surface area contributed by atoms with Gasteiger partial charge >= 0.3 is 0 Å². The number of hydrogen-bond acceptors (Lipinski definition) is 4. The van der Waals surface area contributed by atoms with Gasteiger partial charge in [0.25, 0.3) is 5.91 Å². The predicted molar refractivity (Wildman–Crippen MR) is 97.7 cm³/mol. The Hall–Kier alpha value is -3.28. The Morgan fingerprint density at radius 3 is 2.76 bits per heavy atom. The van der Waals surface area contributed by atoms with E-state index in [1.165, 1.54) is 0 Å². The quantitative estimate of drug-likeness (QED) is 0.611. The standard InChI is InChI=1S/C19H17N5O/c1-11-8-16(14-6-4-5-7-17(14)21-11)19(25)22-13-9-15-12(2)23-24(3)18(15)20-10-13/h4-10H,1-3H3,(H,22,25). The minimum Gasteiger partial charge on any atom is -0.321 e. The summed E-state index contributed by atoms with van der Waals surface area (Å²) in [6.45, 7) is 3.81. The molecule has 1 N–H and O–H groups in total. The summed E-state index contributed by atoms with van der Waals surface area (Å²) >= 11 is 0. The Labute approximate surface area is 144 Å². The van der Waals surface area contributed by atoms with E-state index in [4.69, 9.17) is 0 Å². The van der Waals surface area contributed by atoms with Crippen LogP contribution in [0.3, 0.4) is 0 Å². The van der Waals surface area contributed by atoms with E-state index in [0.717, 1.165) is 33.3 Å². The number of rotatable bonds is 2. The van der Waals surface area contributed by atoms with Gasteiger partial charge in [-0.15, -0.1) is 0 Å². The average molecular weight is 331 g/mol. The van der Waals surface area contributed by atoms with Crippen molar-refractivity contribution in [2.24, 2.45) is 7.05 Å². The van der Waals surface area contributed by atoms with Gasteiger partial charge in [0.05, 0.1) is 28.7 Å². The van der Waals surface area contributed by atoms with Crippen LogP contribution in [0.4, 0.5) is 5.69 Å². The summed E-state index contributed by atoms with van der Waals surface area (Å²) in [6.07, 6.45) is 1.65. The lowest BCUT2D eigenvalue weighted by atomic mass is 10.1. The molecule has 1 aromatic carbocycles. The summed E-state index contributed by atoms with van der Waals surface area (Å²) < 4.78 is 1.73. The molecule has 0 aliphatic heterocycles. The lowest BCUT2D eigenvalue weighted by Gasteiger charge is -2.09. The van der Waals surface area contributed by atoms with Gasteiger partial charge in [-0.2, -0.15) is 5.10 Å². The smallest absolute Gasteiger partial charge is 0.256 e. The normalized spacial score (nSPS) is 11.2. The molecule has 0 unspecified atom stereocenters. The number of aryl methyl sites for hydroxylation is 3. The van der Waals surface area contributed by atoms with Crippen molar-refractivity contribution in [2.45, 2.75) is 13.8 Å². The fourth-order valence-corrected chi connectivity index (χ4v) is 3.07. The van der Waals surface area contributed by atoms with Crippen molar-refractivity contribution in [2.75, 3.05) is 5.32 Å². The molecular weight excluding hydrogens is 314 g/mol. The van der Waals surface area contributed by atoms with E-state index in [1.54, 1.807) is 16.9 Å². The molecule has 0 aliphatic carbocycles. The number of amides is 1. The first-order valence-corrected chi connectivity index (χ1v) is 8.00. The largest absolute Gasteiger partial charge is 0.321 e. The van der Waals surface area contributed by atoms with Gasteiger partial charge in [-0.3, -0.25) is 14.5 Å². The van der Waals surface area contributed by atoms with Crippen LogP contribution in [0.15, 0.2) is 42.6 Å². The molecular formula is C19H17N5O. The molecule has 6 nitrogen and oxygen atoms in total. The van der Waals surface area contributed by atoms with E-state index >= 15 is 0 Å². The van der Waals surface area contributed by atoms with Gasteiger partial charge in [-0.25, -0.2) is 4.98 Å². The number of fused-ring (bicyclic) bond motifs is 2. The predicted octanol–water partition coefficient (Wildman–Crippen LogP) is 3.39. The molecule has 0 saturated heterocycles. The summed E-state index contributed by atoms with van der Waals surface area (Å²) in [5.41, 5.74) is 4.54. The van der Waals surface area contributed by atoms with Gasteiger partial charge in [0.1, 0.15) is 0 Å². The van der Waals surface area contributed by atoms with Gasteiger partial charge in [0.15, 0.2) is 5.65 Å². The first-order chi connectivity index (χ1) is 12.0. The van der Waals surface area contributed by atoms with Gasteiger partial charge in [-0.05, 0) is 32.0 Å². The van der Waals surface area contributed by atoms with Crippen LogP contribution in [-0.4, -0.2) is 25.7 Å². The molecule has 6 heteroatoms. The molecule has 124 valence electrons. The summed E-state index contributed by atoms with van der Waals surface area (Å²) in [5.74, 6) is -0.176. The summed E-state index contributed by atoms with van der Waals surface area (Å²) in [4.78, 5) is 21.7. The summed E-state index contributed by atoms with van der Waals surface area (Å²) in [7, 11) is 1.85. The summed E-state index contributed by atoms with van der Waals surface area (Å²) in [5, 5.41) is 9.05. The van der Waals surface area contributed by atoms with Crippen LogP contribution in [-0.2, 0) is 7.05 Å². The first-order valence-electron chi connectivity index (χ1n) is 8.00. The molecule has 0 saturated carbocycles. The fourth-order valence-electron chi connectivity index (χ4n) is 3.07. The van der Waals surface area contributed by atoms with Gasteiger partial charge < -0.3 is 5.32 Å². The van der Waals surface area contributed by atoms with Crippen LogP contribution in [0.25, 0.3) is 21.9 Å². The molecule has 3 aromatic heterocycles. The number of para-hydroxylation sites is 1. The highest BCUT2D eigenvalue weighted by Crippen LogP contribution is 2.22. The molecule has 4 rings (SSSR count). The van der Waals surface area contributed by atoms with E-state index in [2.05, 4.69) is 20.4 Å². The lowest BCUT2D eigenvalue weighted by Crippen LogP contribution is -2.13. The molecule has 0 spiro atoms. The van der Waals surface area contributed by atoms with Crippen molar-refractivity contribution in [3.8, 4) is 0 Å². The van der Waals surface area contributed by atoms with Crippen molar-refractivity contribution in [1.82, 2.24) is 19.7 Å². The highest BCUT2D eigenvalue weighted by molar-refractivity contribution is 6.12. The Morgan fingerprint density at radius 1 is 1.12 bits per heavy atom. The molecule has 0 aliphatic rings. The van der Waals surface area contributed by atoms with E-state index < -0.39 is 0 Å². The van der Waals surface area contributed by atoms with E-state index in [1.807, 2.05) is 51.2 Å². The second-order valence-electron chi connectivity index (χ2n) is 6.09. The van der Waals surface area contributed by atoms with Crippen molar-refractivity contribution in [3.05, 3.63) is 59.5 Å². The third-order valence-electron chi connectivity index (χ3n) is 4.21. The molecule has 0 atom stereocenters. The molecule has 4 aromatic rings. The highest BCUT2D eigenvalue weighted by Gasteiger charge is 2.14. The van der Waals surface area contributed by atoms with Crippen molar-refractivity contribution < 1.29 is 4.79 Å². The third-order valence-corrected chi connectivity index (χ3v) is 4.21. The maximum Gasteiger partial charge on any atom is 0.256 e. The number of nitrogens with one attached hydrogen (secondary N) is 1. The second-order valence-corrected chi connectivity index (χ2v) is 6.09. The van der Waals surface area contributed by atoms with Crippen LogP contribution >= 0.6 is 0 Å². The molecule has 1 amide bonds. The Bertz CT molecular complexity index is 1130. The first kappa shape index (κ1) is 15.3. The van der Waals surface area contributed by atoms with Gasteiger partial charge in [-0.1, -0.05) is 18.2 Å².